The predicted octanol–water partition coefficient (Wildman–Crippen LogP) is 4.41. The number of anilines is 2. The van der Waals surface area contributed by atoms with Crippen LogP contribution < -0.4 is 20.1 Å². The van der Waals surface area contributed by atoms with E-state index in [9.17, 15) is 4.39 Å². The predicted molar refractivity (Wildman–Crippen MR) is 93.5 cm³/mol. The van der Waals surface area contributed by atoms with Crippen molar-refractivity contribution in [2.75, 3.05) is 24.9 Å². The summed E-state index contributed by atoms with van der Waals surface area (Å²) in [7, 11) is 3.12. The van der Waals surface area contributed by atoms with Crippen molar-refractivity contribution in [2.24, 2.45) is 0 Å². The Labute approximate surface area is 141 Å². The molecule has 22 heavy (non-hydrogen) atoms. The van der Waals surface area contributed by atoms with Crippen LogP contribution in [-0.2, 0) is 0 Å². The second kappa shape index (κ2) is 7.42. The van der Waals surface area contributed by atoms with Gasteiger partial charge in [0.15, 0.2) is 5.11 Å². The van der Waals surface area contributed by atoms with Crippen LogP contribution in [-0.4, -0.2) is 19.3 Å². The zero-order valence-corrected chi connectivity index (χ0v) is 14.3. The quantitative estimate of drug-likeness (QED) is 0.763. The number of ether oxygens (including phenoxy) is 2. The van der Waals surface area contributed by atoms with Gasteiger partial charge in [-0.2, -0.15) is 0 Å². The lowest BCUT2D eigenvalue weighted by molar-refractivity contribution is 0.405. The maximum absolute atomic E-state index is 13.8. The van der Waals surface area contributed by atoms with E-state index in [1.807, 2.05) is 0 Å². The van der Waals surface area contributed by atoms with Gasteiger partial charge in [-0.25, -0.2) is 4.39 Å². The highest BCUT2D eigenvalue weighted by Crippen LogP contribution is 2.29. The molecule has 2 N–H and O–H groups in total. The van der Waals surface area contributed by atoms with Crippen LogP contribution in [0.3, 0.4) is 0 Å². The summed E-state index contributed by atoms with van der Waals surface area (Å²) >= 11 is 8.40. The average Bonchev–Trinajstić information content (AvgIpc) is 2.50. The van der Waals surface area contributed by atoms with Crippen LogP contribution in [0.1, 0.15) is 0 Å². The third kappa shape index (κ3) is 4.08. The number of methoxy groups -OCH3 is 2. The fourth-order valence-corrected chi connectivity index (χ4v) is 2.33. The zero-order chi connectivity index (χ0) is 16.1. The van der Waals surface area contributed by atoms with Gasteiger partial charge in [-0.15, -0.1) is 0 Å². The molecule has 0 aromatic heterocycles. The molecular weight excluding hydrogens is 371 g/mol. The Morgan fingerprint density at radius 3 is 2.41 bits per heavy atom. The first-order valence-electron chi connectivity index (χ1n) is 6.28. The van der Waals surface area contributed by atoms with Crippen LogP contribution in [0.4, 0.5) is 15.8 Å². The van der Waals surface area contributed by atoms with Crippen molar-refractivity contribution in [1.29, 1.82) is 0 Å². The van der Waals surface area contributed by atoms with Crippen molar-refractivity contribution in [3.63, 3.8) is 0 Å². The van der Waals surface area contributed by atoms with Crippen LogP contribution in [0.2, 0.25) is 0 Å². The SMILES string of the molecule is COc1ccc(OC)c(NC(=S)Nc2ccc(Br)cc2F)c1. The smallest absolute Gasteiger partial charge is 0.175 e. The molecule has 0 heterocycles. The van der Waals surface area contributed by atoms with Gasteiger partial charge in [0.2, 0.25) is 0 Å². The molecule has 0 amide bonds. The molecule has 0 bridgehead atoms. The van der Waals surface area contributed by atoms with Gasteiger partial charge in [0, 0.05) is 10.5 Å². The first-order chi connectivity index (χ1) is 10.5. The number of rotatable bonds is 4. The molecule has 0 fully saturated rings. The summed E-state index contributed by atoms with van der Waals surface area (Å²) in [5.74, 6) is 0.846. The van der Waals surface area contributed by atoms with Gasteiger partial charge >= 0.3 is 0 Å². The Balaban J connectivity index is 2.14. The van der Waals surface area contributed by atoms with Gasteiger partial charge in [0.1, 0.15) is 17.3 Å². The molecule has 2 aromatic carbocycles. The van der Waals surface area contributed by atoms with Crippen molar-refractivity contribution < 1.29 is 13.9 Å². The van der Waals surface area contributed by atoms with Crippen molar-refractivity contribution in [3.05, 3.63) is 46.7 Å². The average molecular weight is 385 g/mol. The molecule has 7 heteroatoms. The first-order valence-corrected chi connectivity index (χ1v) is 7.48. The fraction of sp³-hybridized carbons (Fsp3) is 0.133. The molecule has 0 saturated heterocycles. The van der Waals surface area contributed by atoms with E-state index in [4.69, 9.17) is 21.7 Å². The lowest BCUT2D eigenvalue weighted by Gasteiger charge is -2.15. The Hall–Kier alpha value is -1.86. The molecule has 0 spiro atoms. The van der Waals surface area contributed by atoms with Crippen LogP contribution in [0.15, 0.2) is 40.9 Å². The minimum atomic E-state index is -0.406. The maximum Gasteiger partial charge on any atom is 0.175 e. The van der Waals surface area contributed by atoms with Crippen LogP contribution in [0, 0.1) is 5.82 Å². The zero-order valence-electron chi connectivity index (χ0n) is 11.9. The number of benzene rings is 2. The summed E-state index contributed by atoms with van der Waals surface area (Å²) < 4.78 is 24.9. The van der Waals surface area contributed by atoms with E-state index in [-0.39, 0.29) is 10.8 Å². The maximum atomic E-state index is 13.8. The fourth-order valence-electron chi connectivity index (χ4n) is 1.78. The summed E-state index contributed by atoms with van der Waals surface area (Å²) in [5, 5.41) is 6.01. The van der Waals surface area contributed by atoms with E-state index in [1.54, 1.807) is 44.6 Å². The van der Waals surface area contributed by atoms with Crippen molar-refractivity contribution in [1.82, 2.24) is 0 Å². The van der Waals surface area contributed by atoms with Gasteiger partial charge in [0.25, 0.3) is 0 Å². The number of hydrogen-bond acceptors (Lipinski definition) is 3. The summed E-state index contributed by atoms with van der Waals surface area (Å²) in [6.07, 6.45) is 0. The van der Waals surface area contributed by atoms with Crippen LogP contribution in [0.5, 0.6) is 11.5 Å². The molecule has 0 aliphatic rings. The Bertz CT molecular complexity index is 697. The standard InChI is InChI=1S/C15H14BrFN2O2S/c1-20-10-4-6-14(21-2)13(8-10)19-15(22)18-12-5-3-9(16)7-11(12)17/h3-8H,1-2H3,(H2,18,19,22). The van der Waals surface area contributed by atoms with E-state index in [0.717, 1.165) is 0 Å². The van der Waals surface area contributed by atoms with E-state index in [1.165, 1.54) is 6.07 Å². The number of halogens is 2. The van der Waals surface area contributed by atoms with Gasteiger partial charge in [-0.05, 0) is 42.5 Å². The Morgan fingerprint density at radius 2 is 1.77 bits per heavy atom. The highest BCUT2D eigenvalue weighted by Gasteiger charge is 2.09. The molecule has 4 nitrogen and oxygen atoms in total. The van der Waals surface area contributed by atoms with E-state index >= 15 is 0 Å². The third-order valence-corrected chi connectivity index (χ3v) is 3.53. The second-order valence-corrected chi connectivity index (χ2v) is 5.59. The molecule has 0 radical (unpaired) electrons. The van der Waals surface area contributed by atoms with Crippen LogP contribution in [0.25, 0.3) is 0 Å². The van der Waals surface area contributed by atoms with Crippen molar-refractivity contribution in [3.8, 4) is 11.5 Å². The minimum Gasteiger partial charge on any atom is -0.497 e. The van der Waals surface area contributed by atoms with Gasteiger partial charge in [-0.1, -0.05) is 15.9 Å². The summed E-state index contributed by atoms with van der Waals surface area (Å²) in [4.78, 5) is 0. The molecule has 2 rings (SSSR count). The lowest BCUT2D eigenvalue weighted by Crippen LogP contribution is -2.20. The highest BCUT2D eigenvalue weighted by molar-refractivity contribution is 9.10. The molecule has 0 unspecified atom stereocenters. The topological polar surface area (TPSA) is 42.5 Å². The highest BCUT2D eigenvalue weighted by atomic mass is 79.9. The molecule has 0 aliphatic heterocycles. The monoisotopic (exact) mass is 384 g/mol. The van der Waals surface area contributed by atoms with Crippen molar-refractivity contribution >= 4 is 44.6 Å². The Kier molecular flexibility index (Phi) is 5.57. The molecule has 2 aromatic rings. The molecule has 0 aliphatic carbocycles. The first kappa shape index (κ1) is 16.5. The third-order valence-electron chi connectivity index (χ3n) is 2.83. The normalized spacial score (nSPS) is 10.0. The lowest BCUT2D eigenvalue weighted by atomic mass is 10.2. The second-order valence-electron chi connectivity index (χ2n) is 4.27. The molecule has 0 atom stereocenters. The minimum absolute atomic E-state index is 0.243. The van der Waals surface area contributed by atoms with Crippen molar-refractivity contribution in [2.45, 2.75) is 0 Å². The van der Waals surface area contributed by atoms with Crippen LogP contribution >= 0.6 is 28.1 Å². The van der Waals surface area contributed by atoms with Gasteiger partial charge in [0.05, 0.1) is 25.6 Å². The molecular formula is C15H14BrFN2O2S. The number of hydrogen-bond donors (Lipinski definition) is 2. The van der Waals surface area contributed by atoms with E-state index in [2.05, 4.69) is 26.6 Å². The summed E-state index contributed by atoms with van der Waals surface area (Å²) in [6, 6.07) is 9.94. The molecule has 0 saturated carbocycles. The molecule has 116 valence electrons. The summed E-state index contributed by atoms with van der Waals surface area (Å²) in [5.41, 5.74) is 0.902. The number of nitrogens with one attached hydrogen (secondary N) is 2. The Morgan fingerprint density at radius 1 is 1.05 bits per heavy atom. The number of thiocarbonyl (C=S) groups is 1. The van der Waals surface area contributed by atoms with Gasteiger partial charge < -0.3 is 20.1 Å². The van der Waals surface area contributed by atoms with E-state index < -0.39 is 5.82 Å². The van der Waals surface area contributed by atoms with E-state index in [0.29, 0.717) is 21.7 Å². The van der Waals surface area contributed by atoms with Gasteiger partial charge in [-0.3, -0.25) is 0 Å². The summed E-state index contributed by atoms with van der Waals surface area (Å²) in [6.45, 7) is 0. The largest absolute Gasteiger partial charge is 0.497 e.